The van der Waals surface area contributed by atoms with Gasteiger partial charge in [-0.15, -0.1) is 0 Å². The van der Waals surface area contributed by atoms with E-state index in [0.717, 1.165) is 3.97 Å². The summed E-state index contributed by atoms with van der Waals surface area (Å²) in [6.07, 6.45) is 0. The maximum atomic E-state index is 13.7. The molecule has 0 atom stereocenters. The van der Waals surface area contributed by atoms with Crippen LogP contribution in [0.4, 0.5) is 0 Å². The molecule has 0 saturated carbocycles. The van der Waals surface area contributed by atoms with Crippen molar-refractivity contribution >= 4 is 26.7 Å². The molecule has 9 heteroatoms. The Balaban J connectivity index is 1.99. The SMILES string of the molecule is COc1ccc2c(c1)cc(C(=O)c1cc(OC)c(OC)c(OC)c1)n2S(=O)(=O)c1ccccc1. The summed E-state index contributed by atoms with van der Waals surface area (Å²) in [5, 5.41) is 0.537. The number of methoxy groups -OCH3 is 4. The molecule has 4 aromatic rings. The van der Waals surface area contributed by atoms with Gasteiger partial charge in [0.05, 0.1) is 38.9 Å². The van der Waals surface area contributed by atoms with E-state index >= 15 is 0 Å². The minimum absolute atomic E-state index is 0.0404. The van der Waals surface area contributed by atoms with Crippen molar-refractivity contribution in [1.29, 1.82) is 0 Å². The summed E-state index contributed by atoms with van der Waals surface area (Å²) in [5.41, 5.74) is 0.482. The molecule has 176 valence electrons. The van der Waals surface area contributed by atoms with Gasteiger partial charge in [-0.1, -0.05) is 18.2 Å². The number of benzene rings is 3. The fourth-order valence-electron chi connectivity index (χ4n) is 3.77. The Morgan fingerprint density at radius 2 is 1.41 bits per heavy atom. The van der Waals surface area contributed by atoms with Gasteiger partial charge >= 0.3 is 0 Å². The molecular formula is C25H23NO7S. The van der Waals surface area contributed by atoms with Crippen LogP contribution < -0.4 is 18.9 Å². The number of fused-ring (bicyclic) bond motifs is 1. The van der Waals surface area contributed by atoms with Gasteiger partial charge in [0.2, 0.25) is 11.5 Å². The lowest BCUT2D eigenvalue weighted by molar-refractivity contribution is 0.103. The molecule has 0 unspecified atom stereocenters. The highest BCUT2D eigenvalue weighted by atomic mass is 32.2. The summed E-state index contributed by atoms with van der Waals surface area (Å²) >= 11 is 0. The van der Waals surface area contributed by atoms with Crippen LogP contribution in [0.25, 0.3) is 10.9 Å². The van der Waals surface area contributed by atoms with Gasteiger partial charge in [0.15, 0.2) is 11.5 Å². The van der Waals surface area contributed by atoms with Crippen LogP contribution >= 0.6 is 0 Å². The number of aromatic nitrogens is 1. The second-order valence-electron chi connectivity index (χ2n) is 7.28. The van der Waals surface area contributed by atoms with Gasteiger partial charge < -0.3 is 18.9 Å². The fourth-order valence-corrected chi connectivity index (χ4v) is 5.30. The summed E-state index contributed by atoms with van der Waals surface area (Å²) in [6.45, 7) is 0. The fraction of sp³-hybridized carbons (Fsp3) is 0.160. The van der Waals surface area contributed by atoms with Crippen molar-refractivity contribution in [1.82, 2.24) is 3.97 Å². The molecule has 0 aliphatic rings. The molecule has 0 aliphatic heterocycles. The number of carbonyl (C=O) groups excluding carboxylic acids is 1. The van der Waals surface area contributed by atoms with Gasteiger partial charge in [0.1, 0.15) is 11.4 Å². The number of ketones is 1. The van der Waals surface area contributed by atoms with Crippen molar-refractivity contribution in [2.24, 2.45) is 0 Å². The minimum Gasteiger partial charge on any atom is -0.497 e. The average Bonchev–Trinajstić information content (AvgIpc) is 3.27. The summed E-state index contributed by atoms with van der Waals surface area (Å²) in [7, 11) is 1.75. The lowest BCUT2D eigenvalue weighted by Gasteiger charge is -2.15. The summed E-state index contributed by atoms with van der Waals surface area (Å²) in [4.78, 5) is 13.8. The quantitative estimate of drug-likeness (QED) is 0.349. The topological polar surface area (TPSA) is 93.1 Å². The van der Waals surface area contributed by atoms with E-state index in [4.69, 9.17) is 18.9 Å². The van der Waals surface area contributed by atoms with Crippen LogP contribution in [-0.4, -0.2) is 46.6 Å². The smallest absolute Gasteiger partial charge is 0.268 e. The van der Waals surface area contributed by atoms with E-state index in [0.29, 0.717) is 22.4 Å². The number of hydrogen-bond donors (Lipinski definition) is 0. The number of hydrogen-bond acceptors (Lipinski definition) is 7. The summed E-state index contributed by atoms with van der Waals surface area (Å²) < 4.78 is 49.8. The molecule has 0 aliphatic carbocycles. The van der Waals surface area contributed by atoms with E-state index in [9.17, 15) is 13.2 Å². The van der Waals surface area contributed by atoms with E-state index in [-0.39, 0.29) is 27.7 Å². The zero-order valence-electron chi connectivity index (χ0n) is 19.1. The summed E-state index contributed by atoms with van der Waals surface area (Å²) in [5.74, 6) is 0.882. The second-order valence-corrected chi connectivity index (χ2v) is 9.07. The molecule has 0 bridgehead atoms. The first kappa shape index (κ1) is 23.2. The first-order valence-corrected chi connectivity index (χ1v) is 11.6. The zero-order chi connectivity index (χ0) is 24.5. The average molecular weight is 482 g/mol. The molecule has 1 heterocycles. The molecule has 8 nitrogen and oxygen atoms in total. The Labute approximate surface area is 197 Å². The lowest BCUT2D eigenvalue weighted by Crippen LogP contribution is -2.19. The molecule has 0 amide bonds. The molecule has 0 N–H and O–H groups in total. The van der Waals surface area contributed by atoms with E-state index in [1.807, 2.05) is 0 Å². The predicted octanol–water partition coefficient (Wildman–Crippen LogP) is 4.14. The van der Waals surface area contributed by atoms with Crippen molar-refractivity contribution in [3.63, 3.8) is 0 Å². The van der Waals surface area contributed by atoms with Gasteiger partial charge in [-0.2, -0.15) is 0 Å². The van der Waals surface area contributed by atoms with Crippen LogP contribution in [0.2, 0.25) is 0 Å². The van der Waals surface area contributed by atoms with Crippen LogP contribution in [0.5, 0.6) is 23.0 Å². The first-order chi connectivity index (χ1) is 16.3. The van der Waals surface area contributed by atoms with Crippen molar-refractivity contribution in [3.05, 3.63) is 78.0 Å². The molecule has 4 rings (SSSR count). The van der Waals surface area contributed by atoms with Gasteiger partial charge in [-0.3, -0.25) is 4.79 Å². The zero-order valence-corrected chi connectivity index (χ0v) is 19.9. The highest BCUT2D eigenvalue weighted by molar-refractivity contribution is 7.90. The van der Waals surface area contributed by atoms with Gasteiger partial charge in [-0.25, -0.2) is 12.4 Å². The number of ether oxygens (including phenoxy) is 4. The minimum atomic E-state index is -4.10. The van der Waals surface area contributed by atoms with E-state index in [1.165, 1.54) is 58.8 Å². The Morgan fingerprint density at radius 1 is 0.765 bits per heavy atom. The number of rotatable bonds is 8. The van der Waals surface area contributed by atoms with Gasteiger partial charge in [0, 0.05) is 10.9 Å². The Kier molecular flexibility index (Phi) is 6.21. The normalized spacial score (nSPS) is 11.3. The monoisotopic (exact) mass is 481 g/mol. The van der Waals surface area contributed by atoms with Crippen molar-refractivity contribution < 1.29 is 32.2 Å². The molecule has 34 heavy (non-hydrogen) atoms. The van der Waals surface area contributed by atoms with Crippen LogP contribution in [0.1, 0.15) is 16.1 Å². The van der Waals surface area contributed by atoms with Crippen molar-refractivity contribution in [2.75, 3.05) is 28.4 Å². The largest absolute Gasteiger partial charge is 0.497 e. The maximum absolute atomic E-state index is 13.7. The molecular weight excluding hydrogens is 458 g/mol. The van der Waals surface area contributed by atoms with Crippen LogP contribution in [0, 0.1) is 0 Å². The second kappa shape index (κ2) is 9.11. The van der Waals surface area contributed by atoms with E-state index in [2.05, 4.69) is 0 Å². The molecule has 0 radical (unpaired) electrons. The van der Waals surface area contributed by atoms with Crippen LogP contribution in [-0.2, 0) is 10.0 Å². The van der Waals surface area contributed by atoms with Crippen LogP contribution in [0.3, 0.4) is 0 Å². The molecule has 0 saturated heterocycles. The Morgan fingerprint density at radius 3 is 1.97 bits per heavy atom. The first-order valence-electron chi connectivity index (χ1n) is 10.2. The Bertz CT molecular complexity index is 1450. The molecule has 0 spiro atoms. The standard InChI is InChI=1S/C25H23NO7S/c1-30-18-10-11-20-16(12-18)13-21(26(20)34(28,29)19-8-6-5-7-9-19)24(27)17-14-22(31-2)25(33-4)23(15-17)32-3/h5-15H,1-4H3. The molecule has 0 fully saturated rings. The highest BCUT2D eigenvalue weighted by Crippen LogP contribution is 2.39. The van der Waals surface area contributed by atoms with Crippen molar-refractivity contribution in [3.8, 4) is 23.0 Å². The Hall–Kier alpha value is -3.98. The lowest BCUT2D eigenvalue weighted by atomic mass is 10.1. The molecule has 1 aromatic heterocycles. The van der Waals surface area contributed by atoms with E-state index < -0.39 is 15.8 Å². The number of nitrogens with zero attached hydrogens (tertiary/aromatic N) is 1. The third-order valence-corrected chi connectivity index (χ3v) is 7.15. The maximum Gasteiger partial charge on any atom is 0.268 e. The van der Waals surface area contributed by atoms with Gasteiger partial charge in [-0.05, 0) is 48.5 Å². The highest BCUT2D eigenvalue weighted by Gasteiger charge is 2.28. The van der Waals surface area contributed by atoms with E-state index in [1.54, 1.807) is 36.4 Å². The third-order valence-electron chi connectivity index (χ3n) is 5.41. The van der Waals surface area contributed by atoms with Crippen LogP contribution in [0.15, 0.2) is 71.6 Å². The molecule has 3 aromatic carbocycles. The van der Waals surface area contributed by atoms with Gasteiger partial charge in [0.25, 0.3) is 10.0 Å². The van der Waals surface area contributed by atoms with Crippen molar-refractivity contribution in [2.45, 2.75) is 4.90 Å². The summed E-state index contributed by atoms with van der Waals surface area (Å²) in [6, 6.07) is 17.4. The third kappa shape index (κ3) is 3.84. The predicted molar refractivity (Wildman–Crippen MR) is 127 cm³/mol. The number of carbonyl (C=O) groups is 1.